The summed E-state index contributed by atoms with van der Waals surface area (Å²) >= 11 is 0. The Morgan fingerprint density at radius 3 is 2.31 bits per heavy atom. The summed E-state index contributed by atoms with van der Waals surface area (Å²) in [7, 11) is 0. The Labute approximate surface area is 185 Å². The number of ketones is 4. The lowest BCUT2D eigenvalue weighted by molar-refractivity contribution is -0.152. The van der Waals surface area contributed by atoms with Crippen LogP contribution >= 0.6 is 0 Å². The van der Waals surface area contributed by atoms with E-state index < -0.39 is 52.7 Å². The first-order chi connectivity index (χ1) is 15.3. The smallest absolute Gasteiger partial charge is 0.235 e. The third-order valence-electron chi connectivity index (χ3n) is 7.77. The van der Waals surface area contributed by atoms with Gasteiger partial charge in [-0.05, 0) is 55.6 Å². The molecular weight excluding hydrogens is 412 g/mol. The molecule has 5 unspecified atom stereocenters. The van der Waals surface area contributed by atoms with Crippen LogP contribution in [-0.2, 0) is 25.6 Å². The van der Waals surface area contributed by atoms with E-state index in [1.807, 2.05) is 12.1 Å². The zero-order valence-electron chi connectivity index (χ0n) is 17.7. The van der Waals surface area contributed by atoms with Crippen molar-refractivity contribution in [1.29, 1.82) is 0 Å². The molecule has 2 saturated carbocycles. The van der Waals surface area contributed by atoms with Gasteiger partial charge in [-0.3, -0.25) is 24.0 Å². The predicted octanol–water partition coefficient (Wildman–Crippen LogP) is 1.20. The zero-order valence-corrected chi connectivity index (χ0v) is 17.7. The molecule has 168 valence electrons. The van der Waals surface area contributed by atoms with Gasteiger partial charge in [-0.1, -0.05) is 6.07 Å². The molecule has 3 fully saturated rings. The first-order valence-electron chi connectivity index (χ1n) is 11.3. The van der Waals surface area contributed by atoms with E-state index in [0.29, 0.717) is 24.1 Å². The molecule has 5 atom stereocenters. The number of hydrogen-bond donors (Lipinski definition) is 2. The molecule has 4 aliphatic rings. The first-order valence-corrected chi connectivity index (χ1v) is 11.3. The van der Waals surface area contributed by atoms with Gasteiger partial charge in [-0.2, -0.15) is 0 Å². The number of piperidine rings is 1. The number of rotatable bonds is 2. The van der Waals surface area contributed by atoms with Crippen LogP contribution in [0.1, 0.15) is 48.0 Å². The number of amides is 1. The lowest BCUT2D eigenvalue weighted by atomic mass is 9.56. The molecule has 3 aliphatic carbocycles. The number of carbonyl (C=O) groups excluding carboxylic acids is 5. The minimum Gasteiger partial charge on any atom is -0.505 e. The van der Waals surface area contributed by atoms with Crippen molar-refractivity contribution in [3.05, 3.63) is 23.3 Å². The van der Waals surface area contributed by atoms with Crippen LogP contribution in [0.2, 0.25) is 0 Å². The van der Waals surface area contributed by atoms with E-state index in [9.17, 15) is 29.1 Å². The van der Waals surface area contributed by atoms with Crippen LogP contribution in [0.3, 0.4) is 0 Å². The normalized spacial score (nSPS) is 32.2. The molecule has 1 saturated heterocycles. The van der Waals surface area contributed by atoms with Crippen LogP contribution in [0.15, 0.2) is 12.1 Å². The second kappa shape index (κ2) is 7.53. The van der Waals surface area contributed by atoms with Crippen molar-refractivity contribution in [3.8, 4) is 5.75 Å². The standard InChI is InChI=1S/C24H26N2O6/c25-24(32)19-15(27)10-13-9-12-8-11-4-5-14(26-6-2-1-3-7-26)20(28)16(11)21(29)17(12)22(30)18(13)23(19)31/h4-5,12-13,17-19,28H,1-3,6-10H2,(H2,25,32). The molecule has 5 rings (SSSR count). The van der Waals surface area contributed by atoms with E-state index >= 15 is 0 Å². The van der Waals surface area contributed by atoms with E-state index in [1.165, 1.54) is 0 Å². The van der Waals surface area contributed by atoms with Gasteiger partial charge in [-0.15, -0.1) is 0 Å². The molecular formula is C24H26N2O6. The fraction of sp³-hybridized carbons (Fsp3) is 0.542. The highest BCUT2D eigenvalue weighted by Crippen LogP contribution is 2.49. The van der Waals surface area contributed by atoms with Gasteiger partial charge in [-0.25, -0.2) is 0 Å². The fourth-order valence-electron chi connectivity index (χ4n) is 6.35. The van der Waals surface area contributed by atoms with Crippen LogP contribution in [0.5, 0.6) is 5.75 Å². The molecule has 0 spiro atoms. The Hall–Kier alpha value is -3.03. The Morgan fingerprint density at radius 1 is 0.938 bits per heavy atom. The molecule has 1 heterocycles. The predicted molar refractivity (Wildman–Crippen MR) is 113 cm³/mol. The molecule has 1 aliphatic heterocycles. The van der Waals surface area contributed by atoms with Crippen molar-refractivity contribution in [1.82, 2.24) is 0 Å². The average Bonchev–Trinajstić information content (AvgIpc) is 2.73. The maximum atomic E-state index is 13.5. The lowest BCUT2D eigenvalue weighted by Gasteiger charge is -2.44. The van der Waals surface area contributed by atoms with E-state index in [0.717, 1.165) is 32.4 Å². The lowest BCUT2D eigenvalue weighted by Crippen LogP contribution is -2.56. The summed E-state index contributed by atoms with van der Waals surface area (Å²) in [5.74, 6) is -8.09. The molecule has 0 radical (unpaired) electrons. The topological polar surface area (TPSA) is 135 Å². The van der Waals surface area contributed by atoms with Gasteiger partial charge < -0.3 is 15.7 Å². The molecule has 1 aromatic rings. The van der Waals surface area contributed by atoms with Gasteiger partial charge >= 0.3 is 0 Å². The van der Waals surface area contributed by atoms with E-state index in [2.05, 4.69) is 4.90 Å². The van der Waals surface area contributed by atoms with Gasteiger partial charge in [0.1, 0.15) is 5.75 Å². The Balaban J connectivity index is 1.51. The van der Waals surface area contributed by atoms with Crippen molar-refractivity contribution in [3.63, 3.8) is 0 Å². The van der Waals surface area contributed by atoms with Gasteiger partial charge in [0.05, 0.1) is 23.1 Å². The molecule has 32 heavy (non-hydrogen) atoms. The van der Waals surface area contributed by atoms with Gasteiger partial charge in [0.2, 0.25) is 5.91 Å². The van der Waals surface area contributed by atoms with Crippen molar-refractivity contribution >= 4 is 34.7 Å². The second-order valence-electron chi connectivity index (χ2n) is 9.61. The van der Waals surface area contributed by atoms with Crippen LogP contribution in [0, 0.1) is 29.6 Å². The number of Topliss-reactive ketones (excluding diaryl/α,β-unsaturated/α-hetero) is 4. The number of phenolic OH excluding ortho intramolecular Hbond substituents is 1. The molecule has 0 aromatic heterocycles. The highest BCUT2D eigenvalue weighted by atomic mass is 16.3. The monoisotopic (exact) mass is 438 g/mol. The van der Waals surface area contributed by atoms with Crippen molar-refractivity contribution in [2.24, 2.45) is 35.3 Å². The summed E-state index contributed by atoms with van der Waals surface area (Å²) in [6, 6.07) is 3.69. The number of fused-ring (bicyclic) bond motifs is 3. The van der Waals surface area contributed by atoms with Crippen LogP contribution in [0.4, 0.5) is 5.69 Å². The zero-order chi connectivity index (χ0) is 22.7. The Kier molecular flexibility index (Phi) is 4.91. The number of anilines is 1. The quantitative estimate of drug-likeness (QED) is 0.663. The van der Waals surface area contributed by atoms with Gasteiger partial charge in [0.15, 0.2) is 29.1 Å². The highest BCUT2D eigenvalue weighted by molar-refractivity contribution is 6.27. The summed E-state index contributed by atoms with van der Waals surface area (Å²) in [4.78, 5) is 65.8. The van der Waals surface area contributed by atoms with Crippen LogP contribution in [-0.4, -0.2) is 47.2 Å². The highest BCUT2D eigenvalue weighted by Gasteiger charge is 2.57. The maximum absolute atomic E-state index is 13.5. The minimum absolute atomic E-state index is 0.0564. The third kappa shape index (κ3) is 2.99. The molecule has 3 N–H and O–H groups in total. The molecule has 8 nitrogen and oxygen atoms in total. The fourth-order valence-corrected chi connectivity index (χ4v) is 6.35. The number of nitrogens with zero attached hydrogens (tertiary/aromatic N) is 1. The Bertz CT molecular complexity index is 1060. The summed E-state index contributed by atoms with van der Waals surface area (Å²) < 4.78 is 0. The SMILES string of the molecule is NC(=O)C1C(=O)CC2CC3Cc4ccc(N5CCCCC5)c(O)c4C(=O)C3C(=O)C2C1=O. The summed E-state index contributed by atoms with van der Waals surface area (Å²) in [6.07, 6.45) is 3.90. The third-order valence-corrected chi connectivity index (χ3v) is 7.77. The van der Waals surface area contributed by atoms with Crippen molar-refractivity contribution < 1.29 is 29.1 Å². The molecule has 0 bridgehead atoms. The number of phenols is 1. The molecule has 8 heteroatoms. The first kappa shape index (κ1) is 20.8. The number of aromatic hydroxyl groups is 1. The summed E-state index contributed by atoms with van der Waals surface area (Å²) in [6.45, 7) is 1.60. The van der Waals surface area contributed by atoms with E-state index in [4.69, 9.17) is 5.73 Å². The molecule has 1 aromatic carbocycles. The number of carbonyl (C=O) groups is 5. The minimum atomic E-state index is -1.61. The Morgan fingerprint density at radius 2 is 1.62 bits per heavy atom. The van der Waals surface area contributed by atoms with E-state index in [-0.39, 0.29) is 23.7 Å². The second-order valence-corrected chi connectivity index (χ2v) is 9.61. The number of nitrogens with two attached hydrogens (primary N) is 1. The van der Waals surface area contributed by atoms with Gasteiger partial charge in [0.25, 0.3) is 0 Å². The number of primary amides is 1. The van der Waals surface area contributed by atoms with Crippen molar-refractivity contribution in [2.45, 2.75) is 38.5 Å². The molecule has 1 amide bonds. The van der Waals surface area contributed by atoms with E-state index in [1.54, 1.807) is 0 Å². The number of benzene rings is 1. The van der Waals surface area contributed by atoms with Crippen LogP contribution < -0.4 is 10.6 Å². The summed E-state index contributed by atoms with van der Waals surface area (Å²) in [5, 5.41) is 11.0. The van der Waals surface area contributed by atoms with Crippen LogP contribution in [0.25, 0.3) is 0 Å². The van der Waals surface area contributed by atoms with Gasteiger partial charge in [0, 0.05) is 19.5 Å². The summed E-state index contributed by atoms with van der Waals surface area (Å²) in [5.41, 5.74) is 6.72. The number of hydrogen-bond acceptors (Lipinski definition) is 7. The largest absolute Gasteiger partial charge is 0.505 e. The maximum Gasteiger partial charge on any atom is 0.235 e. The van der Waals surface area contributed by atoms with Crippen molar-refractivity contribution in [2.75, 3.05) is 18.0 Å². The average molecular weight is 438 g/mol.